The first kappa shape index (κ1) is 8.65. The van der Waals surface area contributed by atoms with E-state index < -0.39 is 0 Å². The van der Waals surface area contributed by atoms with Crippen LogP contribution in [0.25, 0.3) is 10.2 Å². The van der Waals surface area contributed by atoms with Crippen molar-refractivity contribution in [3.8, 4) is 0 Å². The predicted octanol–water partition coefficient (Wildman–Crippen LogP) is 3.26. The molecule has 12 heavy (non-hydrogen) atoms. The minimum absolute atomic E-state index is 0.318. The number of nitrogens with zero attached hydrogens (tertiary/aromatic N) is 2. The quantitative estimate of drug-likeness (QED) is 0.551. The lowest BCUT2D eigenvalue weighted by Gasteiger charge is -1.89. The molecule has 0 saturated heterocycles. The van der Waals surface area contributed by atoms with E-state index in [1.165, 1.54) is 8.45 Å². The highest BCUT2D eigenvalue weighted by molar-refractivity contribution is 14.1. The first-order valence-electron chi connectivity index (χ1n) is 3.25. The maximum atomic E-state index is 5.68. The third-order valence-electron chi connectivity index (χ3n) is 1.51. The Morgan fingerprint density at radius 3 is 3.08 bits per heavy atom. The molecule has 2 nitrogen and oxygen atoms in total. The van der Waals surface area contributed by atoms with Gasteiger partial charge in [0.15, 0.2) is 0 Å². The molecular weight excluding hydrogens is 307 g/mol. The van der Waals surface area contributed by atoms with Crippen molar-refractivity contribution < 1.29 is 0 Å². The summed E-state index contributed by atoms with van der Waals surface area (Å²) in [4.78, 5) is 9.34. The zero-order chi connectivity index (χ0) is 8.72. The summed E-state index contributed by atoms with van der Waals surface area (Å²) in [5.74, 6) is 0. The standard InChI is InChI=1S/C7H4ClIN2S/c1-3-5(9)6-4(12-3)2-10-7(8)11-6/h2H,1H3. The van der Waals surface area contributed by atoms with Gasteiger partial charge in [0, 0.05) is 11.1 Å². The molecule has 0 aliphatic carbocycles. The van der Waals surface area contributed by atoms with E-state index in [2.05, 4.69) is 39.5 Å². The molecule has 2 rings (SSSR count). The van der Waals surface area contributed by atoms with Gasteiger partial charge in [-0.3, -0.25) is 0 Å². The summed E-state index contributed by atoms with van der Waals surface area (Å²) in [6, 6.07) is 0. The summed E-state index contributed by atoms with van der Waals surface area (Å²) in [6.07, 6.45) is 1.77. The molecule has 0 fully saturated rings. The summed E-state index contributed by atoms with van der Waals surface area (Å²) in [5.41, 5.74) is 0.970. The van der Waals surface area contributed by atoms with Crippen molar-refractivity contribution in [2.24, 2.45) is 0 Å². The highest BCUT2D eigenvalue weighted by atomic mass is 127. The van der Waals surface area contributed by atoms with Crippen LogP contribution in [-0.2, 0) is 0 Å². The number of rotatable bonds is 0. The van der Waals surface area contributed by atoms with E-state index >= 15 is 0 Å². The fraction of sp³-hybridized carbons (Fsp3) is 0.143. The Balaban J connectivity index is 2.88. The van der Waals surface area contributed by atoms with E-state index in [-0.39, 0.29) is 0 Å². The van der Waals surface area contributed by atoms with Gasteiger partial charge in [-0.25, -0.2) is 9.97 Å². The molecule has 0 aromatic carbocycles. The van der Waals surface area contributed by atoms with Crippen LogP contribution in [0, 0.1) is 10.5 Å². The van der Waals surface area contributed by atoms with E-state index in [0.717, 1.165) is 10.2 Å². The van der Waals surface area contributed by atoms with Crippen LogP contribution in [0.1, 0.15) is 4.88 Å². The maximum absolute atomic E-state index is 5.68. The van der Waals surface area contributed by atoms with Gasteiger partial charge in [0.1, 0.15) is 0 Å². The maximum Gasteiger partial charge on any atom is 0.222 e. The minimum atomic E-state index is 0.318. The van der Waals surface area contributed by atoms with E-state index in [4.69, 9.17) is 11.6 Å². The lowest BCUT2D eigenvalue weighted by molar-refractivity contribution is 1.23. The van der Waals surface area contributed by atoms with E-state index in [1.54, 1.807) is 17.5 Å². The van der Waals surface area contributed by atoms with Crippen LogP contribution >= 0.6 is 45.5 Å². The molecule has 2 heterocycles. The molecular formula is C7H4ClIN2S. The van der Waals surface area contributed by atoms with Gasteiger partial charge in [0.05, 0.1) is 13.8 Å². The van der Waals surface area contributed by atoms with Crippen molar-refractivity contribution in [1.82, 2.24) is 9.97 Å². The van der Waals surface area contributed by atoms with Gasteiger partial charge in [-0.05, 0) is 41.1 Å². The first-order chi connectivity index (χ1) is 5.68. The van der Waals surface area contributed by atoms with Gasteiger partial charge in [-0.15, -0.1) is 11.3 Å². The normalized spacial score (nSPS) is 10.9. The Hall–Kier alpha value is 0.0600. The molecule has 0 atom stereocenters. The Morgan fingerprint density at radius 2 is 2.33 bits per heavy atom. The average Bonchev–Trinajstić information content (AvgIpc) is 2.31. The van der Waals surface area contributed by atoms with Gasteiger partial charge in [-0.1, -0.05) is 0 Å². The molecule has 2 aromatic heterocycles. The van der Waals surface area contributed by atoms with Crippen molar-refractivity contribution in [1.29, 1.82) is 0 Å². The zero-order valence-electron chi connectivity index (χ0n) is 6.14. The van der Waals surface area contributed by atoms with Crippen LogP contribution in [0.15, 0.2) is 6.20 Å². The lowest BCUT2D eigenvalue weighted by Crippen LogP contribution is -1.81. The number of aromatic nitrogens is 2. The molecule has 0 radical (unpaired) electrons. The van der Waals surface area contributed by atoms with Gasteiger partial charge < -0.3 is 0 Å². The molecule has 62 valence electrons. The smallest absolute Gasteiger partial charge is 0.222 e. The average molecular weight is 311 g/mol. The van der Waals surface area contributed by atoms with Crippen molar-refractivity contribution >= 4 is 55.7 Å². The molecule has 0 aliphatic heterocycles. The fourth-order valence-corrected chi connectivity index (χ4v) is 2.88. The molecule has 0 amide bonds. The Morgan fingerprint density at radius 1 is 1.58 bits per heavy atom. The van der Waals surface area contributed by atoms with Crippen LogP contribution in [0.5, 0.6) is 0 Å². The van der Waals surface area contributed by atoms with Crippen LogP contribution in [-0.4, -0.2) is 9.97 Å². The summed E-state index contributed by atoms with van der Waals surface area (Å²) < 4.78 is 2.28. The third kappa shape index (κ3) is 1.31. The van der Waals surface area contributed by atoms with E-state index in [9.17, 15) is 0 Å². The number of fused-ring (bicyclic) bond motifs is 1. The number of halogens is 2. The van der Waals surface area contributed by atoms with Crippen molar-refractivity contribution in [2.75, 3.05) is 0 Å². The van der Waals surface area contributed by atoms with E-state index in [0.29, 0.717) is 5.28 Å². The molecule has 2 aromatic rings. The van der Waals surface area contributed by atoms with Crippen molar-refractivity contribution in [3.05, 3.63) is 19.9 Å². The Labute approximate surface area is 92.1 Å². The second kappa shape index (κ2) is 3.08. The summed E-state index contributed by atoms with van der Waals surface area (Å²) in [7, 11) is 0. The topological polar surface area (TPSA) is 25.8 Å². The van der Waals surface area contributed by atoms with Crippen LogP contribution in [0.2, 0.25) is 5.28 Å². The second-order valence-corrected chi connectivity index (χ2v) is 5.00. The SMILES string of the molecule is Cc1sc2cnc(Cl)nc2c1I. The van der Waals surface area contributed by atoms with Gasteiger partial charge in [-0.2, -0.15) is 0 Å². The molecule has 0 aliphatic rings. The minimum Gasteiger partial charge on any atom is -0.225 e. The van der Waals surface area contributed by atoms with E-state index in [1.807, 2.05) is 0 Å². The predicted molar refractivity (Wildman–Crippen MR) is 59.9 cm³/mol. The number of aryl methyl sites for hydroxylation is 1. The highest BCUT2D eigenvalue weighted by Crippen LogP contribution is 2.30. The number of thiophene rings is 1. The first-order valence-corrected chi connectivity index (χ1v) is 5.53. The molecule has 0 unspecified atom stereocenters. The fourth-order valence-electron chi connectivity index (χ4n) is 0.958. The lowest BCUT2D eigenvalue weighted by atomic mass is 10.4. The Bertz CT molecular complexity index is 440. The van der Waals surface area contributed by atoms with Crippen LogP contribution in [0.3, 0.4) is 0 Å². The number of hydrogen-bond donors (Lipinski definition) is 0. The molecule has 0 bridgehead atoms. The molecule has 0 N–H and O–H groups in total. The molecule has 5 heteroatoms. The molecule has 0 spiro atoms. The van der Waals surface area contributed by atoms with Gasteiger partial charge >= 0.3 is 0 Å². The largest absolute Gasteiger partial charge is 0.225 e. The summed E-state index contributed by atoms with van der Waals surface area (Å²) in [6.45, 7) is 2.07. The monoisotopic (exact) mass is 310 g/mol. The van der Waals surface area contributed by atoms with Crippen molar-refractivity contribution in [2.45, 2.75) is 6.92 Å². The number of hydrogen-bond acceptors (Lipinski definition) is 3. The summed E-state index contributed by atoms with van der Waals surface area (Å²) in [5, 5.41) is 0.318. The van der Waals surface area contributed by atoms with Crippen LogP contribution in [0.4, 0.5) is 0 Å². The zero-order valence-corrected chi connectivity index (χ0v) is 9.87. The van der Waals surface area contributed by atoms with Gasteiger partial charge in [0.2, 0.25) is 5.28 Å². The van der Waals surface area contributed by atoms with Crippen molar-refractivity contribution in [3.63, 3.8) is 0 Å². The van der Waals surface area contributed by atoms with Crippen LogP contribution < -0.4 is 0 Å². The third-order valence-corrected chi connectivity index (χ3v) is 4.40. The van der Waals surface area contributed by atoms with Gasteiger partial charge in [0.25, 0.3) is 0 Å². The second-order valence-electron chi connectivity index (χ2n) is 2.32. The Kier molecular flexibility index (Phi) is 2.22. The molecule has 0 saturated carbocycles. The summed E-state index contributed by atoms with van der Waals surface area (Å²) >= 11 is 9.65. The highest BCUT2D eigenvalue weighted by Gasteiger charge is 2.07.